The summed E-state index contributed by atoms with van der Waals surface area (Å²) in [5, 5.41) is 8.96. The van der Waals surface area contributed by atoms with Gasteiger partial charge in [-0.05, 0) is 12.1 Å². The lowest BCUT2D eigenvalue weighted by Crippen LogP contribution is -2.03. The molecule has 3 heterocycles. The number of hydrogen-bond donors (Lipinski definition) is 0. The van der Waals surface area contributed by atoms with Crippen LogP contribution in [0.15, 0.2) is 33.1 Å². The molecule has 1 fully saturated rings. The van der Waals surface area contributed by atoms with Crippen LogP contribution in [0.3, 0.4) is 0 Å². The van der Waals surface area contributed by atoms with Crippen LogP contribution < -0.4 is 4.74 Å². The van der Waals surface area contributed by atoms with Crippen molar-refractivity contribution in [2.75, 3.05) is 13.2 Å². The zero-order valence-electron chi connectivity index (χ0n) is 12.4. The number of aromatic nitrogens is 2. The number of benzene rings is 1. The third-order valence-electron chi connectivity index (χ3n) is 3.49. The summed E-state index contributed by atoms with van der Waals surface area (Å²) in [6.07, 6.45) is 0.214. The Morgan fingerprint density at radius 2 is 2.14 bits per heavy atom. The highest BCUT2D eigenvalue weighted by Gasteiger charge is 2.24. The van der Waals surface area contributed by atoms with Crippen LogP contribution in [0.25, 0.3) is 22.6 Å². The molecule has 1 aromatic carbocycles. The summed E-state index contributed by atoms with van der Waals surface area (Å²) in [5.74, 6) is 2.48. The van der Waals surface area contributed by atoms with E-state index in [1.54, 1.807) is 0 Å². The van der Waals surface area contributed by atoms with Crippen molar-refractivity contribution < 1.29 is 18.3 Å². The minimum Gasteiger partial charge on any atom is -0.490 e. The van der Waals surface area contributed by atoms with Gasteiger partial charge >= 0.3 is 0 Å². The number of hydrogen-bond acceptors (Lipinski definition) is 6. The van der Waals surface area contributed by atoms with Crippen LogP contribution in [-0.4, -0.2) is 29.5 Å². The molecule has 1 saturated heterocycles. The number of ether oxygens (including phenoxy) is 2. The quantitative estimate of drug-likeness (QED) is 0.672. The van der Waals surface area contributed by atoms with Gasteiger partial charge in [-0.3, -0.25) is 0 Å². The third kappa shape index (κ3) is 2.46. The van der Waals surface area contributed by atoms with Crippen LogP contribution in [0.5, 0.6) is 5.75 Å². The lowest BCUT2D eigenvalue weighted by molar-refractivity contribution is 0.265. The zero-order valence-corrected chi connectivity index (χ0v) is 12.4. The Morgan fingerprint density at radius 1 is 1.27 bits per heavy atom. The molecule has 114 valence electrons. The third-order valence-corrected chi connectivity index (χ3v) is 3.49. The van der Waals surface area contributed by atoms with Gasteiger partial charge in [0.25, 0.3) is 5.89 Å². The molecule has 1 atom stereocenters. The predicted molar refractivity (Wildman–Crippen MR) is 78.8 cm³/mol. The molecular formula is C16H16N2O4. The molecule has 0 bridgehead atoms. The molecule has 2 aromatic heterocycles. The summed E-state index contributed by atoms with van der Waals surface area (Å²) in [5.41, 5.74) is 0.730. The molecule has 0 amide bonds. The summed E-state index contributed by atoms with van der Waals surface area (Å²) < 4.78 is 22.4. The Hall–Kier alpha value is -2.34. The number of nitrogens with zero attached hydrogens (tertiary/aromatic N) is 2. The van der Waals surface area contributed by atoms with E-state index in [-0.39, 0.29) is 12.0 Å². The maximum Gasteiger partial charge on any atom is 0.283 e. The van der Waals surface area contributed by atoms with Gasteiger partial charge in [0.05, 0.1) is 12.0 Å². The lowest BCUT2D eigenvalue weighted by Gasteiger charge is -2.04. The molecule has 6 nitrogen and oxygen atoms in total. The van der Waals surface area contributed by atoms with Crippen LogP contribution in [-0.2, 0) is 4.74 Å². The van der Waals surface area contributed by atoms with E-state index in [1.807, 2.05) is 38.1 Å². The fraction of sp³-hybridized carbons (Fsp3) is 0.375. The van der Waals surface area contributed by atoms with Crippen molar-refractivity contribution in [3.05, 3.63) is 30.2 Å². The minimum absolute atomic E-state index is 0.183. The van der Waals surface area contributed by atoms with Gasteiger partial charge in [-0.1, -0.05) is 19.9 Å². The first kappa shape index (κ1) is 13.3. The monoisotopic (exact) mass is 300 g/mol. The van der Waals surface area contributed by atoms with E-state index >= 15 is 0 Å². The average molecular weight is 300 g/mol. The van der Waals surface area contributed by atoms with Crippen LogP contribution >= 0.6 is 0 Å². The molecule has 0 spiro atoms. The van der Waals surface area contributed by atoms with E-state index in [0.29, 0.717) is 24.1 Å². The molecule has 3 aromatic rings. The van der Waals surface area contributed by atoms with Crippen LogP contribution in [0, 0.1) is 0 Å². The normalized spacial score (nSPS) is 17.3. The Labute approximate surface area is 127 Å². The van der Waals surface area contributed by atoms with E-state index in [0.717, 1.165) is 23.3 Å². The molecule has 0 saturated carbocycles. The van der Waals surface area contributed by atoms with E-state index < -0.39 is 0 Å². The second kappa shape index (κ2) is 5.14. The number of rotatable bonds is 5. The van der Waals surface area contributed by atoms with E-state index in [1.165, 1.54) is 0 Å². The van der Waals surface area contributed by atoms with Gasteiger partial charge < -0.3 is 18.3 Å². The Balaban J connectivity index is 1.67. The second-order valence-corrected chi connectivity index (χ2v) is 5.65. The molecular weight excluding hydrogens is 284 g/mol. The van der Waals surface area contributed by atoms with Crippen molar-refractivity contribution in [2.45, 2.75) is 25.9 Å². The Morgan fingerprint density at radius 3 is 2.86 bits per heavy atom. The van der Waals surface area contributed by atoms with E-state index in [9.17, 15) is 0 Å². The van der Waals surface area contributed by atoms with Crippen molar-refractivity contribution >= 4 is 11.0 Å². The van der Waals surface area contributed by atoms with Crippen LogP contribution in [0.4, 0.5) is 0 Å². The molecule has 6 heteroatoms. The first-order valence-electron chi connectivity index (χ1n) is 7.31. The fourth-order valence-electron chi connectivity index (χ4n) is 2.18. The van der Waals surface area contributed by atoms with Crippen molar-refractivity contribution in [1.29, 1.82) is 0 Å². The average Bonchev–Trinajstić information content (AvgIpc) is 3.02. The van der Waals surface area contributed by atoms with Crippen molar-refractivity contribution in [3.63, 3.8) is 0 Å². The summed E-state index contributed by atoms with van der Waals surface area (Å²) in [6.45, 7) is 5.33. The molecule has 1 aliphatic heterocycles. The molecule has 0 N–H and O–H groups in total. The van der Waals surface area contributed by atoms with Crippen LogP contribution in [0.1, 0.15) is 25.7 Å². The number of epoxide rings is 1. The standard InChI is InChI=1S/C16H16N2O4/c1-9(2)15-17-18-16(22-15)14-6-11-12(20-8-10-7-19-10)4-3-5-13(11)21-14/h3-6,9-10H,7-8H2,1-2H3/t10-/m1/s1. The fourth-order valence-corrected chi connectivity index (χ4v) is 2.18. The Kier molecular flexibility index (Phi) is 3.11. The summed E-state index contributed by atoms with van der Waals surface area (Å²) in [7, 11) is 0. The van der Waals surface area contributed by atoms with Gasteiger partial charge in [-0.2, -0.15) is 0 Å². The summed E-state index contributed by atoms with van der Waals surface area (Å²) >= 11 is 0. The Bertz CT molecular complexity index is 801. The second-order valence-electron chi connectivity index (χ2n) is 5.65. The van der Waals surface area contributed by atoms with E-state index in [2.05, 4.69) is 10.2 Å². The molecule has 0 unspecified atom stereocenters. The molecule has 0 radical (unpaired) electrons. The highest BCUT2D eigenvalue weighted by Crippen LogP contribution is 2.33. The van der Waals surface area contributed by atoms with Gasteiger partial charge in [0.1, 0.15) is 24.0 Å². The van der Waals surface area contributed by atoms with Gasteiger partial charge in [0.2, 0.25) is 5.89 Å². The highest BCUT2D eigenvalue weighted by atomic mass is 16.6. The molecule has 1 aliphatic rings. The maximum atomic E-state index is 5.80. The molecule has 4 rings (SSSR count). The molecule has 0 aliphatic carbocycles. The molecule has 22 heavy (non-hydrogen) atoms. The van der Waals surface area contributed by atoms with Crippen molar-refractivity contribution in [3.8, 4) is 17.4 Å². The topological polar surface area (TPSA) is 73.8 Å². The lowest BCUT2D eigenvalue weighted by atomic mass is 10.2. The van der Waals surface area contributed by atoms with Gasteiger partial charge in [0.15, 0.2) is 5.76 Å². The van der Waals surface area contributed by atoms with Gasteiger partial charge in [-0.15, -0.1) is 10.2 Å². The highest BCUT2D eigenvalue weighted by molar-refractivity contribution is 5.87. The zero-order chi connectivity index (χ0) is 15.1. The van der Waals surface area contributed by atoms with Crippen molar-refractivity contribution in [2.24, 2.45) is 0 Å². The smallest absolute Gasteiger partial charge is 0.283 e. The maximum absolute atomic E-state index is 5.80. The van der Waals surface area contributed by atoms with E-state index in [4.69, 9.17) is 18.3 Å². The van der Waals surface area contributed by atoms with Crippen molar-refractivity contribution in [1.82, 2.24) is 10.2 Å². The van der Waals surface area contributed by atoms with Gasteiger partial charge in [0, 0.05) is 12.0 Å². The number of fused-ring (bicyclic) bond motifs is 1. The largest absolute Gasteiger partial charge is 0.490 e. The minimum atomic E-state index is 0.183. The first-order chi connectivity index (χ1) is 10.7. The van der Waals surface area contributed by atoms with Gasteiger partial charge in [-0.25, -0.2) is 0 Å². The summed E-state index contributed by atoms with van der Waals surface area (Å²) in [6, 6.07) is 7.57. The first-order valence-corrected chi connectivity index (χ1v) is 7.31. The number of furan rings is 1. The SMILES string of the molecule is CC(C)c1nnc(-c2cc3c(OC[C@H]4CO4)cccc3o2)o1. The predicted octanol–water partition coefficient (Wildman–Crippen LogP) is 3.38. The summed E-state index contributed by atoms with van der Waals surface area (Å²) in [4.78, 5) is 0. The van der Waals surface area contributed by atoms with Crippen LogP contribution in [0.2, 0.25) is 0 Å².